The summed E-state index contributed by atoms with van der Waals surface area (Å²) in [6, 6.07) is -1.03. The smallest absolute Gasteiger partial charge is 0.306 e. The zero-order chi connectivity index (χ0) is 65.3. The third kappa shape index (κ3) is 51.8. The Balaban J connectivity index is 2.55. The molecule has 1 heterocycles. The number of aliphatic hydroxyl groups is 5. The molecule has 1 aliphatic heterocycles. The number of allylic oxidation sites excluding steroid dienone is 17. The predicted molar refractivity (Wildman–Crippen MR) is 379 cm³/mol. The first-order valence-corrected chi connectivity index (χ1v) is 37.2. The van der Waals surface area contributed by atoms with E-state index in [9.17, 15) is 35.1 Å². The number of nitrogens with one attached hydrogen (secondary N) is 1. The summed E-state index contributed by atoms with van der Waals surface area (Å²) in [6.45, 7) is 5.67. The number of rotatable bonds is 63. The summed E-state index contributed by atoms with van der Waals surface area (Å²) in [5.41, 5.74) is 0. The summed E-state index contributed by atoms with van der Waals surface area (Å²) in [4.78, 5) is 26.7. The van der Waals surface area contributed by atoms with Crippen molar-refractivity contribution in [3.8, 4) is 0 Å². The van der Waals surface area contributed by atoms with E-state index in [1.807, 2.05) is 6.08 Å². The SMILES string of the molecule is CC/C=C\C/C=C\C/C=C\C/C=C\C/C=C\CCCCCCCCCCCC(=O)OC1C(OCC(NC(=O)C(O)CCCCCCCCCCCCC/C=C\C/C=C\C/C=C\CCCCC)C(O)/C=C/CCCCCCCCCCCC)OC(CO)C(O)C1O. The molecule has 0 bridgehead atoms. The number of amides is 1. The van der Waals surface area contributed by atoms with Crippen molar-refractivity contribution in [3.63, 3.8) is 0 Å². The minimum absolute atomic E-state index is 0.111. The number of hydrogen-bond acceptors (Lipinski definition) is 10. The van der Waals surface area contributed by atoms with Crippen molar-refractivity contribution in [3.05, 3.63) is 109 Å². The lowest BCUT2D eigenvalue weighted by Gasteiger charge is -2.41. The molecule has 8 atom stereocenters. The molecule has 1 amide bonds. The molecule has 0 aromatic rings. The van der Waals surface area contributed by atoms with Crippen LogP contribution in [0.4, 0.5) is 0 Å². The van der Waals surface area contributed by atoms with E-state index in [2.05, 4.69) is 123 Å². The highest BCUT2D eigenvalue weighted by molar-refractivity contribution is 5.80. The Bertz CT molecular complexity index is 1890. The fraction of sp³-hybridized carbons (Fsp3) is 0.747. The molecule has 1 rings (SSSR count). The Kier molecular flexibility index (Phi) is 61.3. The Morgan fingerprint density at radius 1 is 0.444 bits per heavy atom. The maximum Gasteiger partial charge on any atom is 0.306 e. The van der Waals surface area contributed by atoms with Crippen LogP contribution in [-0.4, -0.2) is 99.6 Å². The number of carbonyl (C=O) groups is 2. The van der Waals surface area contributed by atoms with Gasteiger partial charge in [0.15, 0.2) is 12.4 Å². The van der Waals surface area contributed by atoms with Gasteiger partial charge in [-0.25, -0.2) is 0 Å². The molecule has 518 valence electrons. The molecule has 11 nitrogen and oxygen atoms in total. The van der Waals surface area contributed by atoms with Crippen LogP contribution < -0.4 is 5.32 Å². The first-order valence-electron chi connectivity index (χ1n) is 37.2. The van der Waals surface area contributed by atoms with Crippen LogP contribution in [0.5, 0.6) is 0 Å². The van der Waals surface area contributed by atoms with Gasteiger partial charge in [0.2, 0.25) is 5.91 Å². The summed E-state index contributed by atoms with van der Waals surface area (Å²) in [7, 11) is 0. The number of esters is 1. The average molecular weight is 1260 g/mol. The largest absolute Gasteiger partial charge is 0.454 e. The molecule has 0 saturated carbocycles. The van der Waals surface area contributed by atoms with Crippen LogP contribution in [0.3, 0.4) is 0 Å². The van der Waals surface area contributed by atoms with E-state index in [-0.39, 0.29) is 19.4 Å². The molecule has 90 heavy (non-hydrogen) atoms. The Morgan fingerprint density at radius 3 is 1.22 bits per heavy atom. The van der Waals surface area contributed by atoms with Gasteiger partial charge in [-0.2, -0.15) is 0 Å². The molecule has 1 saturated heterocycles. The van der Waals surface area contributed by atoms with E-state index in [1.165, 1.54) is 148 Å². The maximum absolute atomic E-state index is 13.5. The number of unbranched alkanes of at least 4 members (excludes halogenated alkanes) is 33. The quantitative estimate of drug-likeness (QED) is 0.0195. The number of carbonyl (C=O) groups excluding carboxylic acids is 2. The molecule has 1 aliphatic rings. The zero-order valence-corrected chi connectivity index (χ0v) is 57.7. The van der Waals surface area contributed by atoms with Gasteiger partial charge >= 0.3 is 5.97 Å². The second kappa shape index (κ2) is 65.4. The fourth-order valence-electron chi connectivity index (χ4n) is 11.1. The Hall–Kier alpha value is -3.68. The lowest BCUT2D eigenvalue weighted by atomic mass is 9.99. The molecule has 0 spiro atoms. The van der Waals surface area contributed by atoms with Gasteiger partial charge in [0.25, 0.3) is 0 Å². The number of hydrogen-bond donors (Lipinski definition) is 6. The Morgan fingerprint density at radius 2 is 0.800 bits per heavy atom. The third-order valence-electron chi connectivity index (χ3n) is 16.9. The average Bonchev–Trinajstić information content (AvgIpc) is 1.18. The van der Waals surface area contributed by atoms with Gasteiger partial charge in [-0.15, -0.1) is 0 Å². The first-order chi connectivity index (χ1) is 44.2. The normalized spacial score (nSPS) is 18.7. The molecular formula is C79H137NO10. The molecule has 0 aromatic heterocycles. The standard InChI is InChI=1S/C79H137NO10/c1-4-7-10-13-16-19-22-25-27-29-31-33-35-37-39-41-43-45-47-49-52-55-58-61-64-67-74(84)90-77-76(86)75(85)73(68-81)89-79(77)88-69-70(71(82)65-62-59-56-53-50-24-21-18-15-12-9-6-3)80-78(87)72(83)66-63-60-57-54-51-48-46-44-42-40-38-36-34-32-30-28-26-23-20-17-14-11-8-5-2/h7,10,16-17,19-20,25-28,31-34,37,39,62,65,70-73,75-77,79,81-83,85-86H,4-6,8-9,11-15,18,21-24,29-30,35-36,38,40-61,63-64,66-69H2,1-3H3,(H,80,87)/b10-7-,19-16-,20-17-,27-25-,28-26-,33-31-,34-32-,39-37-,65-62+. The lowest BCUT2D eigenvalue weighted by Crippen LogP contribution is -2.61. The highest BCUT2D eigenvalue weighted by atomic mass is 16.7. The van der Waals surface area contributed by atoms with E-state index in [4.69, 9.17) is 14.2 Å². The zero-order valence-electron chi connectivity index (χ0n) is 57.7. The van der Waals surface area contributed by atoms with Crippen LogP contribution in [0.2, 0.25) is 0 Å². The molecule has 11 heteroatoms. The molecule has 0 aliphatic carbocycles. The fourth-order valence-corrected chi connectivity index (χ4v) is 11.1. The van der Waals surface area contributed by atoms with E-state index in [1.54, 1.807) is 6.08 Å². The minimum Gasteiger partial charge on any atom is -0.454 e. The third-order valence-corrected chi connectivity index (χ3v) is 16.9. The molecule has 6 N–H and O–H groups in total. The maximum atomic E-state index is 13.5. The monoisotopic (exact) mass is 1260 g/mol. The van der Waals surface area contributed by atoms with Crippen molar-refractivity contribution >= 4 is 11.9 Å². The highest BCUT2D eigenvalue weighted by Crippen LogP contribution is 2.26. The van der Waals surface area contributed by atoms with Crippen molar-refractivity contribution in [1.82, 2.24) is 5.32 Å². The van der Waals surface area contributed by atoms with Gasteiger partial charge in [-0.05, 0) is 109 Å². The van der Waals surface area contributed by atoms with Crippen LogP contribution in [0.25, 0.3) is 0 Å². The molecule has 0 aromatic carbocycles. The molecule has 1 fully saturated rings. The van der Waals surface area contributed by atoms with Gasteiger partial charge in [0.05, 0.1) is 25.4 Å². The molecular weight excluding hydrogens is 1120 g/mol. The Labute approximate surface area is 551 Å². The van der Waals surface area contributed by atoms with Crippen LogP contribution >= 0.6 is 0 Å². The minimum atomic E-state index is -1.62. The summed E-state index contributed by atoms with van der Waals surface area (Å²) >= 11 is 0. The second-order valence-corrected chi connectivity index (χ2v) is 25.3. The number of aliphatic hydroxyl groups excluding tert-OH is 5. The van der Waals surface area contributed by atoms with Gasteiger partial charge in [0.1, 0.15) is 24.4 Å². The second-order valence-electron chi connectivity index (χ2n) is 25.3. The van der Waals surface area contributed by atoms with E-state index >= 15 is 0 Å². The van der Waals surface area contributed by atoms with Crippen molar-refractivity contribution in [2.45, 2.75) is 365 Å². The summed E-state index contributed by atoms with van der Waals surface area (Å²) < 4.78 is 17.7. The molecule has 0 radical (unpaired) electrons. The van der Waals surface area contributed by atoms with E-state index < -0.39 is 67.4 Å². The highest BCUT2D eigenvalue weighted by Gasteiger charge is 2.47. The summed E-state index contributed by atoms with van der Waals surface area (Å²) in [6.07, 6.45) is 79.8. The van der Waals surface area contributed by atoms with Gasteiger partial charge in [-0.1, -0.05) is 310 Å². The van der Waals surface area contributed by atoms with Gasteiger partial charge in [0, 0.05) is 6.42 Å². The van der Waals surface area contributed by atoms with Crippen LogP contribution in [0.15, 0.2) is 109 Å². The van der Waals surface area contributed by atoms with Crippen molar-refractivity contribution in [2.24, 2.45) is 0 Å². The predicted octanol–water partition coefficient (Wildman–Crippen LogP) is 19.6. The summed E-state index contributed by atoms with van der Waals surface area (Å²) in [5, 5.41) is 57.3. The van der Waals surface area contributed by atoms with E-state index in [0.29, 0.717) is 12.8 Å². The van der Waals surface area contributed by atoms with Crippen LogP contribution in [0, 0.1) is 0 Å². The van der Waals surface area contributed by atoms with Crippen molar-refractivity contribution in [1.29, 1.82) is 0 Å². The lowest BCUT2D eigenvalue weighted by molar-refractivity contribution is -0.305. The van der Waals surface area contributed by atoms with Gasteiger partial charge < -0.3 is 45.1 Å². The van der Waals surface area contributed by atoms with Crippen molar-refractivity contribution in [2.75, 3.05) is 13.2 Å². The van der Waals surface area contributed by atoms with Crippen molar-refractivity contribution < 1.29 is 49.3 Å². The van der Waals surface area contributed by atoms with E-state index in [0.717, 1.165) is 122 Å². The topological polar surface area (TPSA) is 175 Å². The summed E-state index contributed by atoms with van der Waals surface area (Å²) in [5.74, 6) is -1.20. The van der Waals surface area contributed by atoms with Crippen LogP contribution in [-0.2, 0) is 23.8 Å². The first kappa shape index (κ1) is 84.3. The van der Waals surface area contributed by atoms with Crippen LogP contribution in [0.1, 0.15) is 316 Å². The molecule has 8 unspecified atom stereocenters. The number of ether oxygens (including phenoxy) is 3. The van der Waals surface area contributed by atoms with Gasteiger partial charge in [-0.3, -0.25) is 9.59 Å².